The van der Waals surface area contributed by atoms with E-state index in [9.17, 15) is 9.59 Å². The minimum absolute atomic E-state index is 0.213. The summed E-state index contributed by atoms with van der Waals surface area (Å²) in [6.07, 6.45) is 0. The number of rotatable bonds is 4. The van der Waals surface area contributed by atoms with E-state index in [1.54, 1.807) is 38.1 Å². The van der Waals surface area contributed by atoms with Gasteiger partial charge in [0.15, 0.2) is 6.61 Å². The van der Waals surface area contributed by atoms with Gasteiger partial charge in [-0.3, -0.25) is 4.79 Å². The number of carbonyl (C=O) groups excluding carboxylic acids is 2. The lowest BCUT2D eigenvalue weighted by molar-refractivity contribution is -0.119. The van der Waals surface area contributed by atoms with Gasteiger partial charge in [0.2, 0.25) is 0 Å². The van der Waals surface area contributed by atoms with Crippen LogP contribution in [0.5, 0.6) is 0 Å². The van der Waals surface area contributed by atoms with Crippen molar-refractivity contribution in [2.75, 3.05) is 11.9 Å². The Morgan fingerprint density at radius 3 is 2.73 bits per heavy atom. The van der Waals surface area contributed by atoms with E-state index in [2.05, 4.69) is 10.5 Å². The highest BCUT2D eigenvalue weighted by Gasteiger charge is 2.20. The van der Waals surface area contributed by atoms with Crippen molar-refractivity contribution >= 4 is 17.6 Å². The Balaban J connectivity index is 1.96. The third-order valence-corrected chi connectivity index (χ3v) is 2.89. The fraction of sp³-hybridized carbons (Fsp3) is 0.200. The molecule has 112 valence electrons. The van der Waals surface area contributed by atoms with E-state index in [1.165, 1.54) is 0 Å². The molecule has 1 heterocycles. The Morgan fingerprint density at radius 2 is 2.09 bits per heavy atom. The van der Waals surface area contributed by atoms with Crippen LogP contribution in [0.2, 0.25) is 0 Å². The van der Waals surface area contributed by atoms with Crippen LogP contribution < -0.4 is 5.32 Å². The summed E-state index contributed by atoms with van der Waals surface area (Å²) < 4.78 is 9.78. The number of carbonyl (C=O) groups is 2. The molecule has 0 saturated heterocycles. The van der Waals surface area contributed by atoms with Crippen LogP contribution in [0.4, 0.5) is 5.69 Å². The smallest absolute Gasteiger partial charge is 0.344 e. The molecule has 7 nitrogen and oxygen atoms in total. The van der Waals surface area contributed by atoms with E-state index >= 15 is 0 Å². The van der Waals surface area contributed by atoms with Crippen LogP contribution in [0, 0.1) is 25.2 Å². The number of para-hydroxylation sites is 1. The fourth-order valence-electron chi connectivity index (χ4n) is 1.85. The third kappa shape index (κ3) is 3.30. The SMILES string of the molecule is Cc1noc(C)c1C(=O)OCC(=O)Nc1ccccc1C#N. The lowest BCUT2D eigenvalue weighted by atomic mass is 10.2. The zero-order valence-electron chi connectivity index (χ0n) is 12.0. The lowest BCUT2D eigenvalue weighted by Gasteiger charge is -2.07. The molecule has 0 unspecified atom stereocenters. The number of hydrogen-bond donors (Lipinski definition) is 1. The second-order valence-electron chi connectivity index (χ2n) is 4.48. The molecule has 0 aliphatic rings. The molecular formula is C15H13N3O4. The van der Waals surface area contributed by atoms with Crippen LogP contribution in [0.25, 0.3) is 0 Å². The minimum Gasteiger partial charge on any atom is -0.452 e. The second kappa shape index (κ2) is 6.54. The van der Waals surface area contributed by atoms with Crippen LogP contribution in [0.3, 0.4) is 0 Å². The summed E-state index contributed by atoms with van der Waals surface area (Å²) in [6.45, 7) is 2.72. The number of aromatic nitrogens is 1. The van der Waals surface area contributed by atoms with E-state index in [-0.39, 0.29) is 5.56 Å². The number of nitrogens with one attached hydrogen (secondary N) is 1. The van der Waals surface area contributed by atoms with Gasteiger partial charge in [-0.2, -0.15) is 5.26 Å². The quantitative estimate of drug-likeness (QED) is 0.865. The number of benzene rings is 1. The Labute approximate surface area is 126 Å². The first-order chi connectivity index (χ1) is 10.5. The highest BCUT2D eigenvalue weighted by atomic mass is 16.5. The number of nitrogens with zero attached hydrogens (tertiary/aromatic N) is 2. The highest BCUT2D eigenvalue weighted by molar-refractivity contribution is 5.96. The Morgan fingerprint density at radius 1 is 1.36 bits per heavy atom. The monoisotopic (exact) mass is 299 g/mol. The first-order valence-corrected chi connectivity index (χ1v) is 6.42. The first kappa shape index (κ1) is 15.3. The number of ether oxygens (including phenoxy) is 1. The van der Waals surface area contributed by atoms with Gasteiger partial charge in [0, 0.05) is 0 Å². The molecule has 1 aromatic carbocycles. The molecule has 1 aromatic heterocycles. The second-order valence-corrected chi connectivity index (χ2v) is 4.48. The molecule has 0 aliphatic carbocycles. The molecule has 0 aliphatic heterocycles. The van der Waals surface area contributed by atoms with Crippen molar-refractivity contribution in [1.29, 1.82) is 5.26 Å². The predicted octanol–water partition coefficient (Wildman–Crippen LogP) is 1.96. The van der Waals surface area contributed by atoms with Crippen molar-refractivity contribution in [2.45, 2.75) is 13.8 Å². The van der Waals surface area contributed by atoms with E-state index in [1.807, 2.05) is 6.07 Å². The largest absolute Gasteiger partial charge is 0.452 e. The highest BCUT2D eigenvalue weighted by Crippen LogP contribution is 2.15. The topological polar surface area (TPSA) is 105 Å². The van der Waals surface area contributed by atoms with Crippen molar-refractivity contribution in [3.63, 3.8) is 0 Å². The molecule has 1 amide bonds. The van der Waals surface area contributed by atoms with Crippen molar-refractivity contribution < 1.29 is 18.8 Å². The van der Waals surface area contributed by atoms with Gasteiger partial charge in [0.05, 0.1) is 16.9 Å². The van der Waals surface area contributed by atoms with Gasteiger partial charge in [0.1, 0.15) is 17.4 Å². The van der Waals surface area contributed by atoms with Crippen LogP contribution in [0.15, 0.2) is 28.8 Å². The van der Waals surface area contributed by atoms with Crippen molar-refractivity contribution in [2.24, 2.45) is 0 Å². The maximum atomic E-state index is 11.9. The predicted molar refractivity (Wildman–Crippen MR) is 76.0 cm³/mol. The summed E-state index contributed by atoms with van der Waals surface area (Å²) in [6, 6.07) is 8.50. The van der Waals surface area contributed by atoms with Gasteiger partial charge in [0.25, 0.3) is 5.91 Å². The van der Waals surface area contributed by atoms with Crippen molar-refractivity contribution in [1.82, 2.24) is 5.16 Å². The summed E-state index contributed by atoms with van der Waals surface area (Å²) in [7, 11) is 0. The molecule has 2 aromatic rings. The van der Waals surface area contributed by atoms with E-state index < -0.39 is 18.5 Å². The summed E-state index contributed by atoms with van der Waals surface area (Å²) >= 11 is 0. The number of anilines is 1. The van der Waals surface area contributed by atoms with E-state index in [4.69, 9.17) is 14.5 Å². The van der Waals surface area contributed by atoms with E-state index in [0.717, 1.165) is 0 Å². The normalized spacial score (nSPS) is 9.86. The van der Waals surface area contributed by atoms with Crippen molar-refractivity contribution in [3.05, 3.63) is 46.8 Å². The molecule has 0 fully saturated rings. The molecule has 0 atom stereocenters. The average Bonchev–Trinajstić information content (AvgIpc) is 2.84. The van der Waals surface area contributed by atoms with Gasteiger partial charge >= 0.3 is 5.97 Å². The van der Waals surface area contributed by atoms with Crippen molar-refractivity contribution in [3.8, 4) is 6.07 Å². The summed E-state index contributed by atoms with van der Waals surface area (Å²) in [5, 5.41) is 15.1. The molecule has 2 rings (SSSR count). The molecular weight excluding hydrogens is 286 g/mol. The number of aryl methyl sites for hydroxylation is 2. The molecule has 1 N–H and O–H groups in total. The Bertz CT molecular complexity index is 739. The summed E-state index contributed by atoms with van der Waals surface area (Å²) in [5.41, 5.74) is 1.30. The Kier molecular flexibility index (Phi) is 4.53. The van der Waals surface area contributed by atoms with Gasteiger partial charge in [-0.15, -0.1) is 0 Å². The van der Waals surface area contributed by atoms with Gasteiger partial charge in [-0.1, -0.05) is 17.3 Å². The number of hydrogen-bond acceptors (Lipinski definition) is 6. The van der Waals surface area contributed by atoms with Gasteiger partial charge < -0.3 is 14.6 Å². The molecule has 0 bridgehead atoms. The maximum absolute atomic E-state index is 11.9. The fourth-order valence-corrected chi connectivity index (χ4v) is 1.85. The molecule has 0 spiro atoms. The van der Waals surface area contributed by atoms with Gasteiger partial charge in [-0.05, 0) is 26.0 Å². The number of amides is 1. The first-order valence-electron chi connectivity index (χ1n) is 6.42. The molecule has 7 heteroatoms. The molecule has 0 saturated carbocycles. The van der Waals surface area contributed by atoms with Crippen LogP contribution >= 0.6 is 0 Å². The van der Waals surface area contributed by atoms with Crippen LogP contribution in [-0.4, -0.2) is 23.6 Å². The maximum Gasteiger partial charge on any atom is 0.344 e. The minimum atomic E-state index is -0.681. The Hall–Kier alpha value is -3.14. The number of nitriles is 1. The number of esters is 1. The third-order valence-electron chi connectivity index (χ3n) is 2.89. The van der Waals surface area contributed by atoms with Crippen LogP contribution in [0.1, 0.15) is 27.4 Å². The molecule has 22 heavy (non-hydrogen) atoms. The lowest BCUT2D eigenvalue weighted by Crippen LogP contribution is -2.21. The van der Waals surface area contributed by atoms with Gasteiger partial charge in [-0.25, -0.2) is 4.79 Å². The summed E-state index contributed by atoms with van der Waals surface area (Å²) in [4.78, 5) is 23.7. The zero-order valence-corrected chi connectivity index (χ0v) is 12.0. The zero-order chi connectivity index (χ0) is 16.1. The van der Waals surface area contributed by atoms with Crippen LogP contribution in [-0.2, 0) is 9.53 Å². The summed E-state index contributed by atoms with van der Waals surface area (Å²) in [5.74, 6) is -0.888. The molecule has 0 radical (unpaired) electrons. The standard InChI is InChI=1S/C15H13N3O4/c1-9-14(10(2)22-18-9)15(20)21-8-13(19)17-12-6-4-3-5-11(12)7-16/h3-6H,8H2,1-2H3,(H,17,19). The average molecular weight is 299 g/mol. The van der Waals surface area contributed by atoms with E-state index in [0.29, 0.717) is 22.7 Å².